The fourth-order valence-electron chi connectivity index (χ4n) is 2.33. The highest BCUT2D eigenvalue weighted by molar-refractivity contribution is 7.93. The lowest BCUT2D eigenvalue weighted by atomic mass is 10.2. The molecule has 0 radical (unpaired) electrons. The maximum Gasteiger partial charge on any atom is 0.267 e. The molecular formula is C18H16N4O4S2. The number of anilines is 2. The minimum absolute atomic E-state index is 0.0931. The second-order valence-electron chi connectivity index (χ2n) is 5.75. The third-order valence-electron chi connectivity index (χ3n) is 3.71. The highest BCUT2D eigenvalue weighted by Gasteiger charge is 2.20. The van der Waals surface area contributed by atoms with Crippen LogP contribution in [0.25, 0.3) is 0 Å². The van der Waals surface area contributed by atoms with E-state index in [9.17, 15) is 18.0 Å². The van der Waals surface area contributed by atoms with Gasteiger partial charge in [-0.1, -0.05) is 29.5 Å². The van der Waals surface area contributed by atoms with Crippen molar-refractivity contribution in [2.75, 3.05) is 10.0 Å². The Morgan fingerprint density at radius 2 is 1.68 bits per heavy atom. The molecule has 0 bridgehead atoms. The number of hydrogen-bond acceptors (Lipinski definition) is 6. The first kappa shape index (κ1) is 19.5. The fraction of sp³-hybridized carbons (Fsp3) is 0.0556. The zero-order valence-electron chi connectivity index (χ0n) is 14.7. The number of primary amides is 1. The monoisotopic (exact) mass is 416 g/mol. The Balaban J connectivity index is 1.76. The van der Waals surface area contributed by atoms with Crippen LogP contribution in [0.4, 0.5) is 10.8 Å². The molecule has 8 nitrogen and oxygen atoms in total. The van der Waals surface area contributed by atoms with E-state index >= 15 is 0 Å². The highest BCUT2D eigenvalue weighted by atomic mass is 32.2. The summed E-state index contributed by atoms with van der Waals surface area (Å²) >= 11 is 0.929. The predicted octanol–water partition coefficient (Wildman–Crippen LogP) is 2.60. The van der Waals surface area contributed by atoms with E-state index in [0.29, 0.717) is 16.9 Å². The van der Waals surface area contributed by atoms with Gasteiger partial charge in [-0.25, -0.2) is 13.4 Å². The lowest BCUT2D eigenvalue weighted by Crippen LogP contribution is -2.13. The molecular weight excluding hydrogens is 400 g/mol. The van der Waals surface area contributed by atoms with Gasteiger partial charge in [-0.2, -0.15) is 0 Å². The summed E-state index contributed by atoms with van der Waals surface area (Å²) < 4.78 is 27.2. The SMILES string of the molecule is Cc1nc(NS(=O)(=O)c2ccccc2)sc1C(=O)Nc1ccc(C(N)=O)cc1. The first-order chi connectivity index (χ1) is 13.3. The average molecular weight is 416 g/mol. The Morgan fingerprint density at radius 1 is 1.04 bits per heavy atom. The molecule has 144 valence electrons. The maximum absolute atomic E-state index is 12.5. The Morgan fingerprint density at radius 3 is 2.29 bits per heavy atom. The van der Waals surface area contributed by atoms with Gasteiger partial charge >= 0.3 is 0 Å². The number of hydrogen-bond donors (Lipinski definition) is 3. The molecule has 0 atom stereocenters. The van der Waals surface area contributed by atoms with Crippen LogP contribution in [0.5, 0.6) is 0 Å². The maximum atomic E-state index is 12.5. The Labute approximate surface area is 165 Å². The normalized spacial score (nSPS) is 11.0. The summed E-state index contributed by atoms with van der Waals surface area (Å²) in [5.74, 6) is -1.00. The van der Waals surface area contributed by atoms with Crippen LogP contribution in [0.2, 0.25) is 0 Å². The van der Waals surface area contributed by atoms with E-state index < -0.39 is 21.8 Å². The summed E-state index contributed by atoms with van der Waals surface area (Å²) in [5, 5.41) is 2.77. The van der Waals surface area contributed by atoms with Crippen molar-refractivity contribution in [2.45, 2.75) is 11.8 Å². The van der Waals surface area contributed by atoms with Crippen molar-refractivity contribution in [3.05, 3.63) is 70.7 Å². The molecule has 0 spiro atoms. The van der Waals surface area contributed by atoms with Gasteiger partial charge in [0.15, 0.2) is 5.13 Å². The molecule has 2 amide bonds. The molecule has 0 aliphatic carbocycles. The molecule has 0 saturated carbocycles. The van der Waals surface area contributed by atoms with Crippen molar-refractivity contribution < 1.29 is 18.0 Å². The van der Waals surface area contributed by atoms with E-state index in [4.69, 9.17) is 5.73 Å². The van der Waals surface area contributed by atoms with Gasteiger partial charge in [-0.05, 0) is 43.3 Å². The molecule has 3 aromatic rings. The van der Waals surface area contributed by atoms with Crippen molar-refractivity contribution in [3.63, 3.8) is 0 Å². The minimum Gasteiger partial charge on any atom is -0.366 e. The predicted molar refractivity (Wildman–Crippen MR) is 107 cm³/mol. The molecule has 10 heteroatoms. The van der Waals surface area contributed by atoms with Crippen LogP contribution >= 0.6 is 11.3 Å². The van der Waals surface area contributed by atoms with E-state index in [-0.39, 0.29) is 14.9 Å². The second-order valence-corrected chi connectivity index (χ2v) is 8.43. The number of carbonyl (C=O) groups excluding carboxylic acids is 2. The molecule has 0 fully saturated rings. The zero-order chi connectivity index (χ0) is 20.3. The van der Waals surface area contributed by atoms with E-state index in [1.165, 1.54) is 24.3 Å². The van der Waals surface area contributed by atoms with Crippen LogP contribution in [-0.2, 0) is 10.0 Å². The first-order valence-corrected chi connectivity index (χ1v) is 10.3. The number of sulfonamides is 1. The van der Waals surface area contributed by atoms with Gasteiger partial charge in [0, 0.05) is 11.3 Å². The van der Waals surface area contributed by atoms with Gasteiger partial charge < -0.3 is 11.1 Å². The summed E-state index contributed by atoms with van der Waals surface area (Å²) in [6.45, 7) is 1.61. The average Bonchev–Trinajstić information content (AvgIpc) is 3.02. The topological polar surface area (TPSA) is 131 Å². The van der Waals surface area contributed by atoms with E-state index in [2.05, 4.69) is 15.0 Å². The van der Waals surface area contributed by atoms with Crippen molar-refractivity contribution in [1.82, 2.24) is 4.98 Å². The Hall–Kier alpha value is -3.24. The van der Waals surface area contributed by atoms with E-state index in [1.54, 1.807) is 37.3 Å². The smallest absolute Gasteiger partial charge is 0.267 e. The lowest BCUT2D eigenvalue weighted by Gasteiger charge is -2.05. The standard InChI is InChI=1S/C18H16N4O4S2/c1-11-15(17(24)21-13-9-7-12(8-10-13)16(19)23)27-18(20-11)22-28(25,26)14-5-3-2-4-6-14/h2-10H,1H3,(H2,19,23)(H,20,22)(H,21,24). The number of nitrogens with zero attached hydrogens (tertiary/aromatic N) is 1. The van der Waals surface area contributed by atoms with Crippen LogP contribution in [-0.4, -0.2) is 25.2 Å². The minimum atomic E-state index is -3.79. The van der Waals surface area contributed by atoms with E-state index in [0.717, 1.165) is 11.3 Å². The number of nitrogens with one attached hydrogen (secondary N) is 2. The first-order valence-electron chi connectivity index (χ1n) is 8.03. The second kappa shape index (κ2) is 7.79. The van der Waals surface area contributed by atoms with E-state index in [1.807, 2.05) is 0 Å². The summed E-state index contributed by atoms with van der Waals surface area (Å²) in [4.78, 5) is 28.1. The largest absolute Gasteiger partial charge is 0.366 e. The Bertz CT molecular complexity index is 1120. The van der Waals surface area contributed by atoms with Crippen LogP contribution in [0, 0.1) is 6.92 Å². The number of rotatable bonds is 6. The lowest BCUT2D eigenvalue weighted by molar-refractivity contribution is 0.0998. The molecule has 2 aromatic carbocycles. The van der Waals surface area contributed by atoms with Crippen molar-refractivity contribution in [3.8, 4) is 0 Å². The highest BCUT2D eigenvalue weighted by Crippen LogP contribution is 2.26. The van der Waals surface area contributed by atoms with Gasteiger partial charge in [0.1, 0.15) is 4.88 Å². The van der Waals surface area contributed by atoms with Crippen molar-refractivity contribution >= 4 is 44.0 Å². The number of thiazole rings is 1. The van der Waals surface area contributed by atoms with Gasteiger partial charge in [0.25, 0.3) is 15.9 Å². The van der Waals surface area contributed by atoms with Gasteiger partial charge in [0.2, 0.25) is 5.91 Å². The molecule has 3 rings (SSSR count). The third kappa shape index (κ3) is 4.35. The summed E-state index contributed by atoms with van der Waals surface area (Å²) in [6, 6.07) is 14.0. The fourth-order valence-corrected chi connectivity index (χ4v) is 4.45. The van der Waals surface area contributed by atoms with Gasteiger partial charge in [0.05, 0.1) is 10.6 Å². The Kier molecular flexibility index (Phi) is 5.43. The van der Waals surface area contributed by atoms with Crippen molar-refractivity contribution in [2.24, 2.45) is 5.73 Å². The number of amides is 2. The van der Waals surface area contributed by atoms with Crippen LogP contribution in [0.3, 0.4) is 0 Å². The molecule has 4 N–H and O–H groups in total. The van der Waals surface area contributed by atoms with Crippen LogP contribution < -0.4 is 15.8 Å². The zero-order valence-corrected chi connectivity index (χ0v) is 16.3. The van der Waals surface area contributed by atoms with Crippen molar-refractivity contribution in [1.29, 1.82) is 0 Å². The summed E-state index contributed by atoms with van der Waals surface area (Å²) in [7, 11) is -3.79. The van der Waals surface area contributed by atoms with Gasteiger partial charge in [-0.3, -0.25) is 14.3 Å². The number of nitrogens with two attached hydrogens (primary N) is 1. The molecule has 0 saturated heterocycles. The number of aryl methyl sites for hydroxylation is 1. The molecule has 1 heterocycles. The van der Waals surface area contributed by atoms with Gasteiger partial charge in [-0.15, -0.1) is 0 Å². The molecule has 0 aliphatic heterocycles. The van der Waals surface area contributed by atoms with Crippen LogP contribution in [0.15, 0.2) is 59.5 Å². The third-order valence-corrected chi connectivity index (χ3v) is 6.26. The summed E-state index contributed by atoms with van der Waals surface area (Å²) in [6.07, 6.45) is 0. The number of aromatic nitrogens is 1. The molecule has 0 aliphatic rings. The van der Waals surface area contributed by atoms with Crippen LogP contribution in [0.1, 0.15) is 25.7 Å². The number of carbonyl (C=O) groups is 2. The summed E-state index contributed by atoms with van der Waals surface area (Å²) in [5.41, 5.74) is 6.36. The number of benzene rings is 2. The quantitative estimate of drug-likeness (QED) is 0.568. The molecule has 1 aromatic heterocycles. The molecule has 0 unspecified atom stereocenters. The molecule has 28 heavy (non-hydrogen) atoms.